The number of benzene rings is 2. The highest BCUT2D eigenvalue weighted by molar-refractivity contribution is 5.94. The van der Waals surface area contributed by atoms with E-state index in [2.05, 4.69) is 39.9 Å². The van der Waals surface area contributed by atoms with E-state index in [0.717, 1.165) is 5.39 Å². The van der Waals surface area contributed by atoms with Gasteiger partial charge in [0.25, 0.3) is 0 Å². The van der Waals surface area contributed by atoms with Crippen LogP contribution in [0.1, 0.15) is 57.7 Å². The van der Waals surface area contributed by atoms with Crippen molar-refractivity contribution in [2.24, 2.45) is 0 Å². The van der Waals surface area contributed by atoms with Gasteiger partial charge in [-0.3, -0.25) is 0 Å². The number of carbonyl (C=O) groups is 1. The molecule has 0 aliphatic heterocycles. The van der Waals surface area contributed by atoms with E-state index in [0.29, 0.717) is 36.9 Å². The molecular weight excluding hydrogens is 504 g/mol. The molecular formula is C31H40N6O3. The van der Waals surface area contributed by atoms with E-state index >= 15 is 0 Å². The van der Waals surface area contributed by atoms with Crippen molar-refractivity contribution in [1.29, 1.82) is 0 Å². The van der Waals surface area contributed by atoms with Crippen LogP contribution in [0.5, 0.6) is 5.88 Å². The van der Waals surface area contributed by atoms with Crippen molar-refractivity contribution in [2.75, 3.05) is 37.3 Å². The van der Waals surface area contributed by atoms with Crippen molar-refractivity contribution < 1.29 is 14.6 Å². The minimum Gasteiger partial charge on any atom is -0.493 e. The average Bonchev–Trinajstić information content (AvgIpc) is 3.25. The summed E-state index contributed by atoms with van der Waals surface area (Å²) >= 11 is 0. The summed E-state index contributed by atoms with van der Waals surface area (Å²) in [5.41, 5.74) is 2.28. The third-order valence-electron chi connectivity index (χ3n) is 6.54. The zero-order valence-electron chi connectivity index (χ0n) is 24.2. The van der Waals surface area contributed by atoms with Crippen molar-refractivity contribution in [3.8, 4) is 5.88 Å². The number of nitrogens with zero attached hydrogens (tertiary/aromatic N) is 4. The molecule has 0 fully saturated rings. The van der Waals surface area contributed by atoms with Gasteiger partial charge in [-0.2, -0.15) is 4.98 Å². The molecule has 1 amide bonds. The van der Waals surface area contributed by atoms with Crippen molar-refractivity contribution in [3.05, 3.63) is 78.0 Å². The molecule has 2 heterocycles. The van der Waals surface area contributed by atoms with Crippen LogP contribution in [-0.4, -0.2) is 62.9 Å². The fourth-order valence-electron chi connectivity index (χ4n) is 4.46. The predicted molar refractivity (Wildman–Crippen MR) is 160 cm³/mol. The summed E-state index contributed by atoms with van der Waals surface area (Å²) in [7, 11) is 1.69. The number of carbonyl (C=O) groups excluding carboxylic acids is 1. The van der Waals surface area contributed by atoms with Crippen molar-refractivity contribution in [1.82, 2.24) is 19.4 Å². The number of hydrogen-bond acceptors (Lipinski definition) is 7. The highest BCUT2D eigenvalue weighted by Crippen LogP contribution is 2.34. The Bertz CT molecular complexity index is 1370. The first-order valence-corrected chi connectivity index (χ1v) is 13.7. The van der Waals surface area contributed by atoms with E-state index in [4.69, 9.17) is 9.72 Å². The number of likely N-dealkylation sites (N-methyl/N-ethyl adjacent to an activating group) is 1. The number of rotatable bonds is 10. The standard InChI is InChI=1S/C31H40N6O3/c1-21(2)37-20-25-26(28(37)38)34-29(32-17-18-36(6)30(39)40-31(3,4)5)35-27(25)33-19-24(22-13-9-7-10-14-22)23-15-11-8-12-16-23/h7-16,20-21,24,38H,17-19H2,1-6H3,(H2,32,33,34,35). The van der Waals surface area contributed by atoms with Gasteiger partial charge in [0.05, 0.1) is 5.39 Å². The zero-order chi connectivity index (χ0) is 28.9. The van der Waals surface area contributed by atoms with Crippen LogP contribution in [0.15, 0.2) is 66.9 Å². The first-order chi connectivity index (χ1) is 19.0. The molecule has 9 nitrogen and oxygen atoms in total. The van der Waals surface area contributed by atoms with Crippen LogP contribution in [0.3, 0.4) is 0 Å². The van der Waals surface area contributed by atoms with Gasteiger partial charge in [-0.25, -0.2) is 9.78 Å². The Hall–Kier alpha value is -4.27. The van der Waals surface area contributed by atoms with E-state index in [1.807, 2.05) is 77.2 Å². The Morgan fingerprint density at radius 2 is 1.60 bits per heavy atom. The zero-order valence-corrected chi connectivity index (χ0v) is 24.2. The van der Waals surface area contributed by atoms with Crippen molar-refractivity contribution in [2.45, 2.75) is 52.2 Å². The van der Waals surface area contributed by atoms with Crippen LogP contribution in [0.2, 0.25) is 0 Å². The number of fused-ring (bicyclic) bond motifs is 1. The number of aromatic hydroxyl groups is 1. The molecule has 0 aliphatic rings. The second-order valence-corrected chi connectivity index (χ2v) is 11.2. The van der Waals surface area contributed by atoms with E-state index < -0.39 is 11.7 Å². The number of amides is 1. The predicted octanol–water partition coefficient (Wildman–Crippen LogP) is 6.24. The fourth-order valence-corrected chi connectivity index (χ4v) is 4.46. The summed E-state index contributed by atoms with van der Waals surface area (Å²) in [4.78, 5) is 23.2. The summed E-state index contributed by atoms with van der Waals surface area (Å²) in [6.45, 7) is 10.9. The van der Waals surface area contributed by atoms with Crippen LogP contribution < -0.4 is 10.6 Å². The molecule has 4 aromatic rings. The van der Waals surface area contributed by atoms with E-state index in [-0.39, 0.29) is 17.8 Å². The number of hydrogen-bond donors (Lipinski definition) is 3. The second-order valence-electron chi connectivity index (χ2n) is 11.2. The average molecular weight is 545 g/mol. The lowest BCUT2D eigenvalue weighted by Gasteiger charge is -2.24. The van der Waals surface area contributed by atoms with Gasteiger partial charge in [-0.15, -0.1) is 0 Å². The highest BCUT2D eigenvalue weighted by atomic mass is 16.6. The minimum absolute atomic E-state index is 0.0438. The molecule has 0 spiro atoms. The normalized spacial score (nSPS) is 11.7. The second kappa shape index (κ2) is 12.3. The maximum absolute atomic E-state index is 12.3. The van der Waals surface area contributed by atoms with E-state index in [1.54, 1.807) is 11.6 Å². The summed E-state index contributed by atoms with van der Waals surface area (Å²) in [6, 6.07) is 20.8. The molecule has 0 aliphatic carbocycles. The third kappa shape index (κ3) is 7.02. The topological polar surface area (TPSA) is 105 Å². The Morgan fingerprint density at radius 1 is 1.00 bits per heavy atom. The first kappa shape index (κ1) is 28.7. The molecule has 4 rings (SSSR count). The van der Waals surface area contributed by atoms with Gasteiger partial charge in [0.1, 0.15) is 16.9 Å². The lowest BCUT2D eigenvalue weighted by atomic mass is 9.91. The molecule has 0 radical (unpaired) electrons. The molecule has 3 N–H and O–H groups in total. The summed E-state index contributed by atoms with van der Waals surface area (Å²) in [6.07, 6.45) is 1.49. The molecule has 0 saturated carbocycles. The van der Waals surface area contributed by atoms with E-state index in [9.17, 15) is 9.90 Å². The van der Waals surface area contributed by atoms with Crippen molar-refractivity contribution in [3.63, 3.8) is 0 Å². The minimum atomic E-state index is -0.564. The molecule has 0 saturated heterocycles. The van der Waals surface area contributed by atoms with Crippen LogP contribution in [0, 0.1) is 0 Å². The van der Waals surface area contributed by atoms with Gasteiger partial charge in [0, 0.05) is 44.8 Å². The van der Waals surface area contributed by atoms with Gasteiger partial charge in [-0.05, 0) is 45.7 Å². The molecule has 2 aromatic carbocycles. The summed E-state index contributed by atoms with van der Waals surface area (Å²) in [5, 5.41) is 18.5. The van der Waals surface area contributed by atoms with E-state index in [1.165, 1.54) is 16.0 Å². The quantitative estimate of drug-likeness (QED) is 0.217. The number of ether oxygens (including phenoxy) is 1. The monoisotopic (exact) mass is 544 g/mol. The molecule has 2 aromatic heterocycles. The SMILES string of the molecule is CC(C)n1cc2c(NCC(c3ccccc3)c3ccccc3)nc(NCCN(C)C(=O)OC(C)(C)C)nc2c1O. The molecule has 212 valence electrons. The largest absolute Gasteiger partial charge is 0.493 e. The molecule has 9 heteroatoms. The van der Waals surface area contributed by atoms with Gasteiger partial charge in [0.2, 0.25) is 11.8 Å². The third-order valence-corrected chi connectivity index (χ3v) is 6.54. The lowest BCUT2D eigenvalue weighted by Crippen LogP contribution is -2.36. The van der Waals surface area contributed by atoms with Crippen molar-refractivity contribution >= 4 is 28.8 Å². The van der Waals surface area contributed by atoms with Gasteiger partial charge >= 0.3 is 6.09 Å². The maximum Gasteiger partial charge on any atom is 0.410 e. The Balaban J connectivity index is 1.59. The fraction of sp³-hybridized carbons (Fsp3) is 0.387. The lowest BCUT2D eigenvalue weighted by molar-refractivity contribution is 0.0305. The molecule has 0 bridgehead atoms. The Morgan fingerprint density at radius 3 is 2.15 bits per heavy atom. The molecule has 40 heavy (non-hydrogen) atoms. The number of nitrogens with one attached hydrogen (secondary N) is 2. The van der Waals surface area contributed by atoms with Crippen LogP contribution in [0.25, 0.3) is 10.9 Å². The van der Waals surface area contributed by atoms with Crippen LogP contribution in [-0.2, 0) is 4.74 Å². The number of aromatic nitrogens is 3. The first-order valence-electron chi connectivity index (χ1n) is 13.7. The molecule has 0 unspecified atom stereocenters. The number of anilines is 2. The smallest absolute Gasteiger partial charge is 0.410 e. The summed E-state index contributed by atoms with van der Waals surface area (Å²) < 4.78 is 7.22. The Kier molecular flexibility index (Phi) is 8.82. The van der Waals surface area contributed by atoms with Gasteiger partial charge in [-0.1, -0.05) is 60.7 Å². The van der Waals surface area contributed by atoms with Crippen LogP contribution >= 0.6 is 0 Å². The molecule has 0 atom stereocenters. The van der Waals surface area contributed by atoms with Gasteiger partial charge in [0.15, 0.2) is 0 Å². The summed E-state index contributed by atoms with van der Waals surface area (Å²) in [5.74, 6) is 1.17. The Labute approximate surface area is 236 Å². The van der Waals surface area contributed by atoms with Gasteiger partial charge < -0.3 is 29.9 Å². The maximum atomic E-state index is 12.3. The highest BCUT2D eigenvalue weighted by Gasteiger charge is 2.21. The van der Waals surface area contributed by atoms with Crippen LogP contribution in [0.4, 0.5) is 16.6 Å².